The van der Waals surface area contributed by atoms with E-state index >= 15 is 0 Å². The smallest absolute Gasteiger partial charge is 0.342 e. The van der Waals surface area contributed by atoms with Crippen molar-refractivity contribution >= 4 is 11.9 Å². The van der Waals surface area contributed by atoms with Crippen LogP contribution in [0.25, 0.3) is 16.9 Å². The number of hydrogen-bond donors (Lipinski definition) is 1. The average molecular weight is 363 g/mol. The van der Waals surface area contributed by atoms with Gasteiger partial charge in [0.25, 0.3) is 5.91 Å². The Balaban J connectivity index is 1.87. The van der Waals surface area contributed by atoms with Crippen LogP contribution in [0.4, 0.5) is 0 Å². The number of aromatic nitrogens is 2. The van der Waals surface area contributed by atoms with Crippen molar-refractivity contribution in [3.63, 3.8) is 0 Å². The van der Waals surface area contributed by atoms with Gasteiger partial charge < -0.3 is 10.1 Å². The summed E-state index contributed by atoms with van der Waals surface area (Å²) >= 11 is 0. The molecule has 6 nitrogen and oxygen atoms in total. The first-order valence-corrected chi connectivity index (χ1v) is 8.83. The predicted molar refractivity (Wildman–Crippen MR) is 103 cm³/mol. The molecule has 0 spiro atoms. The Morgan fingerprint density at radius 1 is 1.04 bits per heavy atom. The number of hydrogen-bond acceptors (Lipinski definition) is 4. The Morgan fingerprint density at radius 2 is 1.70 bits per heavy atom. The number of nitrogens with one attached hydrogen (secondary N) is 1. The van der Waals surface area contributed by atoms with Crippen molar-refractivity contribution < 1.29 is 14.3 Å². The second-order valence-electron chi connectivity index (χ2n) is 5.96. The first-order valence-electron chi connectivity index (χ1n) is 8.83. The summed E-state index contributed by atoms with van der Waals surface area (Å²) in [6.45, 7) is 2.19. The molecule has 138 valence electrons. The van der Waals surface area contributed by atoms with Crippen LogP contribution in [0.5, 0.6) is 0 Å². The van der Waals surface area contributed by atoms with Gasteiger partial charge in [-0.15, -0.1) is 0 Å². The highest BCUT2D eigenvalue weighted by Gasteiger charge is 2.20. The number of benzene rings is 2. The van der Waals surface area contributed by atoms with E-state index in [1.54, 1.807) is 10.9 Å². The van der Waals surface area contributed by atoms with Gasteiger partial charge in [0.05, 0.1) is 5.69 Å². The Bertz CT molecular complexity index is 905. The summed E-state index contributed by atoms with van der Waals surface area (Å²) in [4.78, 5) is 24.3. The Kier molecular flexibility index (Phi) is 5.99. The highest BCUT2D eigenvalue weighted by Crippen LogP contribution is 2.24. The normalized spacial score (nSPS) is 10.4. The maximum absolute atomic E-state index is 12.6. The lowest BCUT2D eigenvalue weighted by Gasteiger charge is -2.05. The molecule has 1 amide bonds. The second kappa shape index (κ2) is 8.80. The van der Waals surface area contributed by atoms with Gasteiger partial charge in [0, 0.05) is 18.3 Å². The summed E-state index contributed by atoms with van der Waals surface area (Å²) in [6.07, 6.45) is 2.45. The summed E-state index contributed by atoms with van der Waals surface area (Å²) in [5, 5.41) is 7.24. The van der Waals surface area contributed by atoms with Crippen molar-refractivity contribution in [2.24, 2.45) is 0 Å². The molecule has 2 aromatic carbocycles. The van der Waals surface area contributed by atoms with Crippen LogP contribution < -0.4 is 5.32 Å². The number of para-hydroxylation sites is 1. The fourth-order valence-corrected chi connectivity index (χ4v) is 2.57. The van der Waals surface area contributed by atoms with Crippen LogP contribution in [0.1, 0.15) is 23.7 Å². The SMILES string of the molecule is CCCNC(=O)COC(=O)c1cn(-c2ccccc2)nc1-c1ccccc1. The topological polar surface area (TPSA) is 73.2 Å². The van der Waals surface area contributed by atoms with E-state index in [4.69, 9.17) is 4.74 Å². The van der Waals surface area contributed by atoms with Crippen LogP contribution in [0.3, 0.4) is 0 Å². The summed E-state index contributed by atoms with van der Waals surface area (Å²) < 4.78 is 6.83. The Hall–Kier alpha value is -3.41. The first kappa shape index (κ1) is 18.4. The van der Waals surface area contributed by atoms with E-state index < -0.39 is 5.97 Å². The molecule has 0 aliphatic carbocycles. The molecule has 0 fully saturated rings. The zero-order valence-corrected chi connectivity index (χ0v) is 15.1. The standard InChI is InChI=1S/C21H21N3O3/c1-2-13-22-19(25)15-27-21(26)18-14-24(17-11-7-4-8-12-17)23-20(18)16-9-5-3-6-10-16/h3-12,14H,2,13,15H2,1H3,(H,22,25). The van der Waals surface area contributed by atoms with Crippen LogP contribution in [0.2, 0.25) is 0 Å². The largest absolute Gasteiger partial charge is 0.452 e. The monoisotopic (exact) mass is 363 g/mol. The van der Waals surface area contributed by atoms with Crippen molar-refractivity contribution in [2.75, 3.05) is 13.2 Å². The molecule has 0 saturated carbocycles. The number of esters is 1. The highest BCUT2D eigenvalue weighted by molar-refractivity contribution is 5.97. The van der Waals surface area contributed by atoms with Crippen LogP contribution in [0.15, 0.2) is 66.9 Å². The Labute approximate surface area is 157 Å². The van der Waals surface area contributed by atoms with Gasteiger partial charge in [-0.1, -0.05) is 55.5 Å². The molecular formula is C21H21N3O3. The molecule has 3 aromatic rings. The quantitative estimate of drug-likeness (QED) is 0.654. The van der Waals surface area contributed by atoms with Gasteiger partial charge in [-0.25, -0.2) is 9.48 Å². The molecule has 3 rings (SSSR count). The second-order valence-corrected chi connectivity index (χ2v) is 5.96. The summed E-state index contributed by atoms with van der Waals surface area (Å²) in [5.74, 6) is -0.899. The van der Waals surface area contributed by atoms with E-state index in [9.17, 15) is 9.59 Å². The molecular weight excluding hydrogens is 342 g/mol. The molecule has 1 aromatic heterocycles. The van der Waals surface area contributed by atoms with Crippen molar-refractivity contribution in [3.8, 4) is 16.9 Å². The van der Waals surface area contributed by atoms with Crippen molar-refractivity contribution in [1.82, 2.24) is 15.1 Å². The van der Waals surface area contributed by atoms with Crippen molar-refractivity contribution in [1.29, 1.82) is 0 Å². The van der Waals surface area contributed by atoms with Gasteiger partial charge in [-0.3, -0.25) is 4.79 Å². The summed E-state index contributed by atoms with van der Waals surface area (Å²) in [7, 11) is 0. The van der Waals surface area contributed by atoms with Gasteiger partial charge >= 0.3 is 5.97 Å². The van der Waals surface area contributed by atoms with Gasteiger partial charge in [-0.2, -0.15) is 5.10 Å². The fourth-order valence-electron chi connectivity index (χ4n) is 2.57. The highest BCUT2D eigenvalue weighted by atomic mass is 16.5. The van der Waals surface area contributed by atoms with Crippen molar-refractivity contribution in [3.05, 3.63) is 72.4 Å². The molecule has 0 radical (unpaired) electrons. The van der Waals surface area contributed by atoms with Gasteiger partial charge in [0.2, 0.25) is 0 Å². The lowest BCUT2D eigenvalue weighted by atomic mass is 10.1. The molecule has 0 aliphatic heterocycles. The molecule has 1 N–H and O–H groups in total. The molecule has 0 bridgehead atoms. The van der Waals surface area contributed by atoms with Crippen LogP contribution in [-0.2, 0) is 9.53 Å². The third-order valence-electron chi connectivity index (χ3n) is 3.91. The summed E-state index contributed by atoms with van der Waals surface area (Å²) in [5.41, 5.74) is 2.45. The molecule has 0 saturated heterocycles. The van der Waals surface area contributed by atoms with Crippen LogP contribution >= 0.6 is 0 Å². The number of rotatable bonds is 7. The maximum atomic E-state index is 12.6. The molecule has 0 unspecified atom stereocenters. The average Bonchev–Trinajstić information content (AvgIpc) is 3.17. The molecule has 27 heavy (non-hydrogen) atoms. The van der Waals surface area contributed by atoms with Crippen molar-refractivity contribution in [2.45, 2.75) is 13.3 Å². The van der Waals surface area contributed by atoms with Gasteiger partial charge in [0.1, 0.15) is 11.3 Å². The zero-order valence-electron chi connectivity index (χ0n) is 15.1. The lowest BCUT2D eigenvalue weighted by Crippen LogP contribution is -2.29. The number of nitrogens with zero attached hydrogens (tertiary/aromatic N) is 2. The molecule has 0 atom stereocenters. The number of ether oxygens (including phenoxy) is 1. The molecule has 1 heterocycles. The van der Waals surface area contributed by atoms with Gasteiger partial charge in [-0.05, 0) is 18.6 Å². The minimum absolute atomic E-state index is 0.313. The third-order valence-corrected chi connectivity index (χ3v) is 3.91. The minimum Gasteiger partial charge on any atom is -0.452 e. The molecule has 6 heteroatoms. The van der Waals surface area contributed by atoms with E-state index in [-0.39, 0.29) is 12.5 Å². The fraction of sp³-hybridized carbons (Fsp3) is 0.190. The Morgan fingerprint density at radius 3 is 2.37 bits per heavy atom. The number of amides is 1. The summed E-state index contributed by atoms with van der Waals surface area (Å²) in [6, 6.07) is 18.9. The van der Waals surface area contributed by atoms with Gasteiger partial charge in [0.15, 0.2) is 6.61 Å². The van der Waals surface area contributed by atoms with Crippen LogP contribution in [-0.4, -0.2) is 34.8 Å². The maximum Gasteiger partial charge on any atom is 0.342 e. The minimum atomic E-state index is -0.581. The van der Waals surface area contributed by atoms with E-state index in [0.717, 1.165) is 17.7 Å². The third kappa shape index (κ3) is 4.61. The van der Waals surface area contributed by atoms with Crippen LogP contribution in [0, 0.1) is 0 Å². The lowest BCUT2D eigenvalue weighted by molar-refractivity contribution is -0.124. The van der Waals surface area contributed by atoms with E-state index in [0.29, 0.717) is 17.8 Å². The van der Waals surface area contributed by atoms with E-state index in [1.807, 2.05) is 67.6 Å². The van der Waals surface area contributed by atoms with E-state index in [1.165, 1.54) is 0 Å². The number of carbonyl (C=O) groups excluding carboxylic acids is 2. The number of carbonyl (C=O) groups is 2. The predicted octanol–water partition coefficient (Wildman–Crippen LogP) is 3.22. The van der Waals surface area contributed by atoms with E-state index in [2.05, 4.69) is 10.4 Å². The first-order chi connectivity index (χ1) is 13.2. The molecule has 0 aliphatic rings. The zero-order chi connectivity index (χ0) is 19.1.